The number of aromatic nitrogens is 3. The molecule has 9 nitrogen and oxygen atoms in total. The Balaban J connectivity index is 1.55. The molecule has 4 rings (SSSR count). The smallest absolute Gasteiger partial charge is 0.356 e. The fourth-order valence-corrected chi connectivity index (χ4v) is 3.15. The summed E-state index contributed by atoms with van der Waals surface area (Å²) in [5.74, 6) is -0.906. The average molecular weight is 405 g/mol. The van der Waals surface area contributed by atoms with Gasteiger partial charge in [-0.1, -0.05) is 29.5 Å². The molecule has 2 aromatic carbocycles. The van der Waals surface area contributed by atoms with Crippen LogP contribution in [0, 0.1) is 13.8 Å². The first-order chi connectivity index (χ1) is 14.4. The number of amides is 1. The zero-order valence-electron chi connectivity index (χ0n) is 16.5. The van der Waals surface area contributed by atoms with Crippen LogP contribution in [0.1, 0.15) is 24.0 Å². The van der Waals surface area contributed by atoms with E-state index in [1.54, 1.807) is 24.3 Å². The van der Waals surface area contributed by atoms with E-state index in [0.717, 1.165) is 15.8 Å². The van der Waals surface area contributed by atoms with Crippen LogP contribution in [0.25, 0.3) is 10.9 Å². The predicted octanol–water partition coefficient (Wildman–Crippen LogP) is 2.09. The highest BCUT2D eigenvalue weighted by Gasteiger charge is 2.27. The van der Waals surface area contributed by atoms with Crippen molar-refractivity contribution in [3.63, 3.8) is 0 Å². The quantitative estimate of drug-likeness (QED) is 0.615. The van der Waals surface area contributed by atoms with Gasteiger partial charge in [-0.2, -0.15) is 14.8 Å². The minimum Gasteiger partial charge on any atom is -0.438 e. The molecule has 1 aliphatic rings. The lowest BCUT2D eigenvalue weighted by Crippen LogP contribution is -2.36. The van der Waals surface area contributed by atoms with Crippen LogP contribution >= 0.6 is 0 Å². The molecule has 0 fully saturated rings. The number of rotatable bonds is 4. The number of carbonyl (C=O) groups excluding carboxylic acids is 2. The van der Waals surface area contributed by atoms with Crippen molar-refractivity contribution < 1.29 is 14.3 Å². The lowest BCUT2D eigenvalue weighted by molar-refractivity contribution is -0.140. The standard InChI is InChI=1S/C21H19N5O4/c1-13-7-8-14(2)18(11-13)26-19(27)10-9-17(23-26)21(29)30-12-25-20(28)15-5-3-4-6-16(15)22-24-25/h3-8,11H,9-10,12H2,1-2H3. The highest BCUT2D eigenvalue weighted by Crippen LogP contribution is 2.25. The van der Waals surface area contributed by atoms with Gasteiger partial charge in [0.2, 0.25) is 5.91 Å². The molecule has 30 heavy (non-hydrogen) atoms. The van der Waals surface area contributed by atoms with Crippen molar-refractivity contribution in [2.45, 2.75) is 33.4 Å². The summed E-state index contributed by atoms with van der Waals surface area (Å²) >= 11 is 0. The molecule has 0 atom stereocenters. The van der Waals surface area contributed by atoms with Gasteiger partial charge in [0.05, 0.1) is 11.1 Å². The molecule has 152 valence electrons. The summed E-state index contributed by atoms with van der Waals surface area (Å²) in [7, 11) is 0. The molecule has 0 spiro atoms. The Hall–Kier alpha value is -3.88. The summed E-state index contributed by atoms with van der Waals surface area (Å²) in [6.45, 7) is 3.39. The van der Waals surface area contributed by atoms with Crippen molar-refractivity contribution in [2.24, 2.45) is 5.10 Å². The number of ether oxygens (including phenoxy) is 1. The summed E-state index contributed by atoms with van der Waals surface area (Å²) in [5.41, 5.74) is 2.63. The van der Waals surface area contributed by atoms with Gasteiger partial charge < -0.3 is 4.74 Å². The molecule has 3 aromatic rings. The number of benzene rings is 2. The third kappa shape index (κ3) is 3.69. The molecule has 0 radical (unpaired) electrons. The maximum atomic E-state index is 12.5. The van der Waals surface area contributed by atoms with Gasteiger partial charge in [0, 0.05) is 12.8 Å². The topological polar surface area (TPSA) is 107 Å². The molecule has 1 aromatic heterocycles. The minimum absolute atomic E-state index is 0.109. The van der Waals surface area contributed by atoms with Crippen molar-refractivity contribution in [3.8, 4) is 0 Å². The van der Waals surface area contributed by atoms with E-state index in [4.69, 9.17) is 4.74 Å². The van der Waals surface area contributed by atoms with E-state index in [1.165, 1.54) is 5.01 Å². The summed E-state index contributed by atoms with van der Waals surface area (Å²) in [5, 5.41) is 13.6. The zero-order valence-corrected chi connectivity index (χ0v) is 16.5. The van der Waals surface area contributed by atoms with Gasteiger partial charge in [-0.15, -0.1) is 5.10 Å². The third-order valence-electron chi connectivity index (χ3n) is 4.81. The van der Waals surface area contributed by atoms with Crippen molar-refractivity contribution in [2.75, 3.05) is 5.01 Å². The summed E-state index contributed by atoms with van der Waals surface area (Å²) in [4.78, 5) is 37.4. The number of aryl methyl sites for hydroxylation is 2. The molecule has 0 aliphatic carbocycles. The average Bonchev–Trinajstić information content (AvgIpc) is 2.75. The van der Waals surface area contributed by atoms with Crippen LogP contribution in [0.15, 0.2) is 52.4 Å². The Morgan fingerprint density at radius 3 is 2.73 bits per heavy atom. The van der Waals surface area contributed by atoms with E-state index in [0.29, 0.717) is 16.6 Å². The number of carbonyl (C=O) groups is 2. The summed E-state index contributed by atoms with van der Waals surface area (Å²) in [6.07, 6.45) is 0.300. The first-order valence-corrected chi connectivity index (χ1v) is 9.41. The summed E-state index contributed by atoms with van der Waals surface area (Å²) in [6, 6.07) is 12.5. The molecule has 2 heterocycles. The van der Waals surface area contributed by atoms with E-state index in [9.17, 15) is 14.4 Å². The fraction of sp³-hybridized carbons (Fsp3) is 0.238. The Morgan fingerprint density at radius 1 is 1.10 bits per heavy atom. The van der Waals surface area contributed by atoms with Crippen LogP contribution in [0.2, 0.25) is 0 Å². The molecule has 0 saturated carbocycles. The molecule has 1 aliphatic heterocycles. The predicted molar refractivity (Wildman–Crippen MR) is 110 cm³/mol. The Bertz CT molecular complexity index is 1250. The molecular weight excluding hydrogens is 386 g/mol. The fourth-order valence-electron chi connectivity index (χ4n) is 3.15. The molecule has 1 amide bonds. The van der Waals surface area contributed by atoms with Crippen LogP contribution in [-0.4, -0.2) is 32.6 Å². The van der Waals surface area contributed by atoms with Gasteiger partial charge in [-0.25, -0.2) is 4.79 Å². The highest BCUT2D eigenvalue weighted by atomic mass is 16.5. The minimum atomic E-state index is -0.709. The van der Waals surface area contributed by atoms with Gasteiger partial charge in [-0.3, -0.25) is 9.59 Å². The summed E-state index contributed by atoms with van der Waals surface area (Å²) < 4.78 is 6.19. The van der Waals surface area contributed by atoms with Gasteiger partial charge in [0.1, 0.15) is 11.2 Å². The molecule has 0 N–H and O–H groups in total. The van der Waals surface area contributed by atoms with Crippen molar-refractivity contribution in [3.05, 3.63) is 63.9 Å². The van der Waals surface area contributed by atoms with Crippen molar-refractivity contribution in [1.29, 1.82) is 0 Å². The SMILES string of the molecule is Cc1ccc(C)c(N2N=C(C(=O)OCn3nnc4ccccc4c3=O)CCC2=O)c1. The molecule has 9 heteroatoms. The number of esters is 1. The lowest BCUT2D eigenvalue weighted by Gasteiger charge is -2.24. The second kappa shape index (κ2) is 7.86. The van der Waals surface area contributed by atoms with Gasteiger partial charge in [-0.05, 0) is 43.2 Å². The van der Waals surface area contributed by atoms with E-state index in [1.807, 2.05) is 32.0 Å². The number of anilines is 1. The van der Waals surface area contributed by atoms with Crippen LogP contribution in [0.5, 0.6) is 0 Å². The number of hydrazone groups is 1. The number of hydrogen-bond acceptors (Lipinski definition) is 7. The Morgan fingerprint density at radius 2 is 1.90 bits per heavy atom. The highest BCUT2D eigenvalue weighted by molar-refractivity contribution is 6.37. The van der Waals surface area contributed by atoms with Gasteiger partial charge in [0.15, 0.2) is 6.73 Å². The van der Waals surface area contributed by atoms with Crippen LogP contribution < -0.4 is 10.6 Å². The van der Waals surface area contributed by atoms with Crippen LogP contribution in [0.4, 0.5) is 5.69 Å². The van der Waals surface area contributed by atoms with E-state index >= 15 is 0 Å². The number of fused-ring (bicyclic) bond motifs is 1. The van der Waals surface area contributed by atoms with Crippen LogP contribution in [0.3, 0.4) is 0 Å². The monoisotopic (exact) mass is 405 g/mol. The third-order valence-corrected chi connectivity index (χ3v) is 4.81. The first-order valence-electron chi connectivity index (χ1n) is 9.41. The Labute approximate surface area is 171 Å². The van der Waals surface area contributed by atoms with Crippen molar-refractivity contribution in [1.82, 2.24) is 15.0 Å². The van der Waals surface area contributed by atoms with E-state index < -0.39 is 18.3 Å². The second-order valence-electron chi connectivity index (χ2n) is 7.01. The largest absolute Gasteiger partial charge is 0.438 e. The maximum absolute atomic E-state index is 12.5. The number of hydrogen-bond donors (Lipinski definition) is 0. The Kier molecular flexibility index (Phi) is 5.09. The molecule has 0 unspecified atom stereocenters. The van der Waals surface area contributed by atoms with Crippen LogP contribution in [-0.2, 0) is 21.1 Å². The molecular formula is C21H19N5O4. The number of nitrogens with zero attached hydrogens (tertiary/aromatic N) is 5. The van der Waals surface area contributed by atoms with Gasteiger partial charge >= 0.3 is 5.97 Å². The normalized spacial score (nSPS) is 14.0. The molecule has 0 saturated heterocycles. The first kappa shape index (κ1) is 19.4. The molecule has 0 bridgehead atoms. The second-order valence-corrected chi connectivity index (χ2v) is 7.01. The lowest BCUT2D eigenvalue weighted by atomic mass is 10.1. The van der Waals surface area contributed by atoms with E-state index in [-0.39, 0.29) is 24.5 Å². The maximum Gasteiger partial charge on any atom is 0.356 e. The van der Waals surface area contributed by atoms with Gasteiger partial charge in [0.25, 0.3) is 5.56 Å². The zero-order chi connectivity index (χ0) is 21.3. The van der Waals surface area contributed by atoms with Crippen molar-refractivity contribution >= 4 is 34.2 Å². The van der Waals surface area contributed by atoms with E-state index in [2.05, 4.69) is 15.4 Å².